The molecule has 1 unspecified atom stereocenters. The van der Waals surface area contributed by atoms with Crippen LogP contribution < -0.4 is 0 Å². The molecule has 1 aliphatic rings. The van der Waals surface area contributed by atoms with E-state index in [2.05, 4.69) is 15.2 Å². The predicted molar refractivity (Wildman–Crippen MR) is 102 cm³/mol. The molecule has 0 amide bonds. The molecule has 1 atom stereocenters. The van der Waals surface area contributed by atoms with Gasteiger partial charge < -0.3 is 0 Å². The third-order valence-electron chi connectivity index (χ3n) is 4.08. The Bertz CT molecular complexity index is 1160. The Morgan fingerprint density at radius 1 is 1.11 bits per heavy atom. The van der Waals surface area contributed by atoms with Crippen LogP contribution in [0.3, 0.4) is 0 Å². The average Bonchev–Trinajstić information content (AvgIpc) is 2.94. The van der Waals surface area contributed by atoms with Crippen LogP contribution in [0, 0.1) is 6.92 Å². The minimum atomic E-state index is -3.79. The molecule has 0 aliphatic carbocycles. The van der Waals surface area contributed by atoms with E-state index in [0.29, 0.717) is 16.6 Å². The fourth-order valence-electron chi connectivity index (χ4n) is 3.03. The van der Waals surface area contributed by atoms with Crippen molar-refractivity contribution in [1.29, 1.82) is 0 Å². The van der Waals surface area contributed by atoms with Gasteiger partial charge in [0.25, 0.3) is 10.1 Å². The normalized spacial score (nSPS) is 16.3. The van der Waals surface area contributed by atoms with Crippen molar-refractivity contribution in [3.8, 4) is 5.69 Å². The number of nitrogens with zero attached hydrogens (tertiary/aromatic N) is 4. The summed E-state index contributed by atoms with van der Waals surface area (Å²) in [5.41, 5.74) is 2.85. The zero-order valence-corrected chi connectivity index (χ0v) is 16.1. The Kier molecular flexibility index (Phi) is 4.33. The number of benzene rings is 2. The second-order valence-corrected chi connectivity index (χ2v) is 8.14. The lowest BCUT2D eigenvalue weighted by molar-refractivity contribution is 0.214. The highest BCUT2D eigenvalue weighted by molar-refractivity contribution is 7.86. The van der Waals surface area contributed by atoms with E-state index in [0.717, 1.165) is 23.1 Å². The highest BCUT2D eigenvalue weighted by atomic mass is 35.5. The van der Waals surface area contributed by atoms with E-state index in [1.54, 1.807) is 23.6 Å². The predicted octanol–water partition coefficient (Wildman–Crippen LogP) is 3.05. The van der Waals surface area contributed by atoms with Crippen LogP contribution in [-0.4, -0.2) is 35.1 Å². The summed E-state index contributed by atoms with van der Waals surface area (Å²) in [6.07, 6.45) is -0.185. The molecule has 138 valence electrons. The molecule has 0 radical (unpaired) electrons. The largest absolute Gasteiger partial charge is 0.279 e. The Labute approximate surface area is 161 Å². The average molecular weight is 403 g/mol. The van der Waals surface area contributed by atoms with Gasteiger partial charge in [-0.15, -0.1) is 10.2 Å². The van der Waals surface area contributed by atoms with Crippen molar-refractivity contribution in [3.05, 3.63) is 76.3 Å². The number of fused-ring (bicyclic) bond motifs is 3. The van der Waals surface area contributed by atoms with Crippen molar-refractivity contribution >= 4 is 27.4 Å². The summed E-state index contributed by atoms with van der Waals surface area (Å²) in [5.74, 6) is 0.868. The SMILES string of the molecule is Cc1nnc2n1-c1ccc(Cl)cc1C(c1ccccc1)=NC2OS(C)(=O)=O. The van der Waals surface area contributed by atoms with Crippen molar-refractivity contribution < 1.29 is 12.6 Å². The fraction of sp³-hybridized carbons (Fsp3) is 0.167. The summed E-state index contributed by atoms with van der Waals surface area (Å²) in [5, 5.41) is 8.72. The summed E-state index contributed by atoms with van der Waals surface area (Å²) in [6.45, 7) is 1.78. The first-order valence-corrected chi connectivity index (χ1v) is 10.3. The highest BCUT2D eigenvalue weighted by Gasteiger charge is 2.31. The van der Waals surface area contributed by atoms with Crippen LogP contribution in [0.4, 0.5) is 0 Å². The molecular weight excluding hydrogens is 388 g/mol. The molecule has 4 rings (SSSR count). The van der Waals surface area contributed by atoms with Gasteiger partial charge in [0.2, 0.25) is 6.23 Å². The number of aryl methyl sites for hydroxylation is 1. The van der Waals surface area contributed by atoms with Gasteiger partial charge in [-0.2, -0.15) is 8.42 Å². The molecule has 0 bridgehead atoms. The van der Waals surface area contributed by atoms with Crippen LogP contribution in [0.2, 0.25) is 5.02 Å². The van der Waals surface area contributed by atoms with Gasteiger partial charge in [-0.3, -0.25) is 4.57 Å². The van der Waals surface area contributed by atoms with Gasteiger partial charge >= 0.3 is 0 Å². The quantitative estimate of drug-likeness (QED) is 0.628. The molecule has 0 fully saturated rings. The van der Waals surface area contributed by atoms with E-state index in [-0.39, 0.29) is 5.82 Å². The van der Waals surface area contributed by atoms with Gasteiger partial charge in [0.15, 0.2) is 5.82 Å². The molecule has 9 heteroatoms. The number of hydrogen-bond acceptors (Lipinski definition) is 6. The smallest absolute Gasteiger partial charge is 0.266 e. The zero-order chi connectivity index (χ0) is 19.2. The second-order valence-electron chi connectivity index (χ2n) is 6.10. The third-order valence-corrected chi connectivity index (χ3v) is 4.85. The van der Waals surface area contributed by atoms with Crippen molar-refractivity contribution in [1.82, 2.24) is 14.8 Å². The Hall–Kier alpha value is -2.55. The lowest BCUT2D eigenvalue weighted by Gasteiger charge is -2.12. The number of hydrogen-bond donors (Lipinski definition) is 0. The van der Waals surface area contributed by atoms with E-state index in [9.17, 15) is 8.42 Å². The van der Waals surface area contributed by atoms with E-state index < -0.39 is 16.3 Å². The van der Waals surface area contributed by atoms with Crippen LogP contribution in [0.5, 0.6) is 0 Å². The van der Waals surface area contributed by atoms with Crippen LogP contribution in [-0.2, 0) is 14.3 Å². The van der Waals surface area contributed by atoms with Crippen molar-refractivity contribution in [3.63, 3.8) is 0 Å². The van der Waals surface area contributed by atoms with Crippen molar-refractivity contribution in [2.45, 2.75) is 13.2 Å². The molecule has 0 spiro atoms. The maximum absolute atomic E-state index is 11.8. The van der Waals surface area contributed by atoms with Gasteiger partial charge in [0, 0.05) is 16.1 Å². The molecule has 0 saturated heterocycles. The Morgan fingerprint density at radius 2 is 1.85 bits per heavy atom. The molecule has 1 aromatic heterocycles. The minimum absolute atomic E-state index is 0.285. The van der Waals surface area contributed by atoms with Gasteiger partial charge in [0.05, 0.1) is 17.7 Å². The van der Waals surface area contributed by atoms with Crippen LogP contribution in [0.1, 0.15) is 29.0 Å². The van der Waals surface area contributed by atoms with Crippen molar-refractivity contribution in [2.24, 2.45) is 4.99 Å². The molecule has 7 nitrogen and oxygen atoms in total. The molecule has 1 aliphatic heterocycles. The fourth-order valence-corrected chi connectivity index (χ4v) is 3.66. The summed E-state index contributed by atoms with van der Waals surface area (Å²) in [7, 11) is -3.79. The van der Waals surface area contributed by atoms with E-state index in [4.69, 9.17) is 15.8 Å². The highest BCUT2D eigenvalue weighted by Crippen LogP contribution is 2.33. The summed E-state index contributed by atoms with van der Waals surface area (Å²) < 4.78 is 30.6. The molecular formula is C18H15ClN4O3S. The lowest BCUT2D eigenvalue weighted by atomic mass is 10.0. The Morgan fingerprint density at radius 3 is 2.56 bits per heavy atom. The van der Waals surface area contributed by atoms with E-state index in [1.807, 2.05) is 36.4 Å². The molecule has 3 aromatic rings. The summed E-state index contributed by atoms with van der Waals surface area (Å²) >= 11 is 6.24. The summed E-state index contributed by atoms with van der Waals surface area (Å²) in [4.78, 5) is 4.60. The first kappa shape index (κ1) is 17.8. The summed E-state index contributed by atoms with van der Waals surface area (Å²) in [6, 6.07) is 14.8. The number of aliphatic imine (C=N–C) groups is 1. The van der Waals surface area contributed by atoms with E-state index in [1.165, 1.54) is 0 Å². The lowest BCUT2D eigenvalue weighted by Crippen LogP contribution is -2.13. The first-order valence-electron chi connectivity index (χ1n) is 8.07. The topological polar surface area (TPSA) is 86.4 Å². The van der Waals surface area contributed by atoms with Gasteiger partial charge in [0.1, 0.15) is 5.82 Å². The van der Waals surface area contributed by atoms with Crippen molar-refractivity contribution in [2.75, 3.05) is 6.26 Å². The first-order chi connectivity index (χ1) is 12.8. The maximum atomic E-state index is 11.8. The van der Waals surface area contributed by atoms with Gasteiger partial charge in [-0.1, -0.05) is 41.9 Å². The van der Waals surface area contributed by atoms with Crippen LogP contribution in [0.15, 0.2) is 53.5 Å². The molecule has 0 saturated carbocycles. The maximum Gasteiger partial charge on any atom is 0.266 e. The number of rotatable bonds is 3. The van der Waals surface area contributed by atoms with E-state index >= 15 is 0 Å². The molecule has 27 heavy (non-hydrogen) atoms. The monoisotopic (exact) mass is 402 g/mol. The molecule has 2 aromatic carbocycles. The van der Waals surface area contributed by atoms with Crippen LogP contribution in [0.25, 0.3) is 5.69 Å². The number of halogens is 1. The second kappa shape index (κ2) is 6.56. The number of aromatic nitrogens is 3. The minimum Gasteiger partial charge on any atom is -0.279 e. The Balaban J connectivity index is 2.05. The zero-order valence-electron chi connectivity index (χ0n) is 14.5. The van der Waals surface area contributed by atoms with Crippen LogP contribution >= 0.6 is 11.6 Å². The molecule has 0 N–H and O–H groups in total. The van der Waals surface area contributed by atoms with Gasteiger partial charge in [-0.05, 0) is 25.1 Å². The van der Waals surface area contributed by atoms with Gasteiger partial charge in [-0.25, -0.2) is 9.18 Å². The standard InChI is InChI=1S/C18H15ClN4O3S/c1-11-21-22-17-18(26-27(2,24)25)20-16(12-6-4-3-5-7-12)14-10-13(19)8-9-15(14)23(11)17/h3-10,18H,1-2H3. The molecule has 2 heterocycles. The third kappa shape index (κ3) is 3.39.